The third kappa shape index (κ3) is 6.78. The van der Waals surface area contributed by atoms with Crippen LogP contribution in [0.15, 0.2) is 36.4 Å². The second-order valence-corrected chi connectivity index (χ2v) is 11.7. The first kappa shape index (κ1) is 28.8. The number of phenolic OH excluding ortho intramolecular Hbond substituents is 1. The molecule has 37 heavy (non-hydrogen) atoms. The maximum atomic E-state index is 14.1. The number of primary sulfonamides is 1. The number of aliphatic hydroxyl groups excluding tert-OH is 1. The topological polar surface area (TPSA) is 142 Å². The molecule has 11 heteroatoms. The fraction of sp³-hybridized carbons (Fsp3) is 0.500. The summed E-state index contributed by atoms with van der Waals surface area (Å²) in [5, 5.41) is 29.0. The number of fused-ring (bicyclic) bond motifs is 1. The first-order valence-corrected chi connectivity index (χ1v) is 14.0. The normalized spacial score (nSPS) is 16.3. The van der Waals surface area contributed by atoms with Crippen LogP contribution < -0.4 is 15.4 Å². The maximum absolute atomic E-state index is 14.1. The van der Waals surface area contributed by atoms with Crippen LogP contribution in [0.25, 0.3) is 0 Å². The number of aliphatic hydroxyl groups is 1. The summed E-state index contributed by atoms with van der Waals surface area (Å²) < 4.78 is 42.8. The van der Waals surface area contributed by atoms with E-state index in [-0.39, 0.29) is 23.7 Å². The number of aromatic hydroxyl groups is 1. The van der Waals surface area contributed by atoms with Gasteiger partial charge >= 0.3 is 6.09 Å². The zero-order valence-corrected chi connectivity index (χ0v) is 22.4. The Morgan fingerprint density at radius 1 is 1.19 bits per heavy atom. The van der Waals surface area contributed by atoms with Crippen LogP contribution in [0.1, 0.15) is 69.8 Å². The zero-order chi connectivity index (χ0) is 27.6. The molecule has 1 unspecified atom stereocenters. The van der Waals surface area contributed by atoms with Gasteiger partial charge in [0.2, 0.25) is 10.0 Å². The van der Waals surface area contributed by atoms with Gasteiger partial charge < -0.3 is 20.3 Å². The number of cyclic esters (lactones) is 1. The van der Waals surface area contributed by atoms with E-state index in [1.54, 1.807) is 6.07 Å². The van der Waals surface area contributed by atoms with Crippen molar-refractivity contribution in [3.8, 4) is 5.75 Å². The van der Waals surface area contributed by atoms with Gasteiger partial charge in [0.1, 0.15) is 17.2 Å². The van der Waals surface area contributed by atoms with E-state index < -0.39 is 39.1 Å². The molecule has 1 aliphatic heterocycles. The van der Waals surface area contributed by atoms with Gasteiger partial charge in [-0.15, -0.1) is 0 Å². The van der Waals surface area contributed by atoms with Crippen molar-refractivity contribution in [1.82, 2.24) is 5.32 Å². The number of nitrogens with zero attached hydrogens (tertiary/aromatic N) is 1. The van der Waals surface area contributed by atoms with Crippen LogP contribution in [0, 0.1) is 5.82 Å². The molecule has 3 rings (SSSR count). The largest absolute Gasteiger partial charge is 0.508 e. The molecule has 0 aromatic heterocycles. The van der Waals surface area contributed by atoms with E-state index in [9.17, 15) is 27.8 Å². The number of benzene rings is 2. The van der Waals surface area contributed by atoms with Crippen molar-refractivity contribution in [2.24, 2.45) is 5.14 Å². The Balaban J connectivity index is 1.69. The van der Waals surface area contributed by atoms with Crippen LogP contribution in [-0.2, 0) is 26.1 Å². The highest BCUT2D eigenvalue weighted by atomic mass is 32.2. The molecule has 0 saturated heterocycles. The molecule has 0 saturated carbocycles. The first-order valence-electron chi connectivity index (χ1n) is 12.3. The molecule has 2 aromatic rings. The molecule has 1 heterocycles. The van der Waals surface area contributed by atoms with E-state index in [0.29, 0.717) is 42.6 Å². The van der Waals surface area contributed by atoms with Gasteiger partial charge in [0.25, 0.3) is 0 Å². The average molecular weight is 538 g/mol. The SMILES string of the molecule is CCC1(CC)OC(=O)N(CCC(C)(C)NCC(O)c2ccc(O)c(CS(N)(=O)=O)c2)c2ccc(F)cc21. The monoisotopic (exact) mass is 537 g/mol. The lowest BCUT2D eigenvalue weighted by Gasteiger charge is -2.42. The van der Waals surface area contributed by atoms with Gasteiger partial charge in [0.15, 0.2) is 0 Å². The number of nitrogens with two attached hydrogens (primary N) is 1. The maximum Gasteiger partial charge on any atom is 0.415 e. The Morgan fingerprint density at radius 3 is 2.49 bits per heavy atom. The number of ether oxygens (including phenoxy) is 1. The summed E-state index contributed by atoms with van der Waals surface area (Å²) in [7, 11) is -3.86. The number of nitrogens with one attached hydrogen (secondary N) is 1. The van der Waals surface area contributed by atoms with Crippen molar-refractivity contribution >= 4 is 21.8 Å². The van der Waals surface area contributed by atoms with Gasteiger partial charge in [0, 0.05) is 29.8 Å². The quantitative estimate of drug-likeness (QED) is 0.342. The van der Waals surface area contributed by atoms with E-state index in [4.69, 9.17) is 9.88 Å². The second kappa shape index (κ2) is 10.9. The molecule has 1 atom stereocenters. The molecule has 204 valence electrons. The van der Waals surface area contributed by atoms with E-state index in [0.717, 1.165) is 0 Å². The Morgan fingerprint density at radius 2 is 1.86 bits per heavy atom. The highest BCUT2D eigenvalue weighted by molar-refractivity contribution is 7.88. The second-order valence-electron chi connectivity index (χ2n) is 10.1. The summed E-state index contributed by atoms with van der Waals surface area (Å²) in [6, 6.07) is 8.62. The number of halogens is 1. The molecular weight excluding hydrogens is 501 g/mol. The number of anilines is 1. The van der Waals surface area contributed by atoms with Gasteiger partial charge in [-0.1, -0.05) is 19.9 Å². The number of sulfonamides is 1. The van der Waals surface area contributed by atoms with Gasteiger partial charge in [-0.3, -0.25) is 4.90 Å². The Kier molecular flexibility index (Phi) is 8.53. The highest BCUT2D eigenvalue weighted by Crippen LogP contribution is 2.44. The van der Waals surface area contributed by atoms with Crippen LogP contribution in [-0.4, -0.2) is 43.4 Å². The van der Waals surface area contributed by atoms with E-state index in [1.807, 2.05) is 27.7 Å². The number of phenols is 1. The van der Waals surface area contributed by atoms with Gasteiger partial charge in [-0.25, -0.2) is 22.7 Å². The lowest BCUT2D eigenvalue weighted by atomic mass is 9.85. The van der Waals surface area contributed by atoms with Crippen LogP contribution >= 0.6 is 0 Å². The van der Waals surface area contributed by atoms with Gasteiger partial charge in [-0.2, -0.15) is 0 Å². The number of hydrogen-bond acceptors (Lipinski definition) is 7. The summed E-state index contributed by atoms with van der Waals surface area (Å²) >= 11 is 0. The molecular formula is C26H36FN3O6S. The third-order valence-corrected chi connectivity index (χ3v) is 7.68. The molecule has 0 aliphatic carbocycles. The number of β-amino-alcohol motifs (C(OH)–C–C–N with tert-alkyl or cyclic N) is 1. The molecule has 1 amide bonds. The van der Waals surface area contributed by atoms with E-state index >= 15 is 0 Å². The number of rotatable bonds is 11. The molecule has 0 radical (unpaired) electrons. The first-order chi connectivity index (χ1) is 17.2. The predicted molar refractivity (Wildman–Crippen MR) is 139 cm³/mol. The summed E-state index contributed by atoms with van der Waals surface area (Å²) in [5.74, 6) is -1.16. The van der Waals surface area contributed by atoms with Crippen molar-refractivity contribution in [1.29, 1.82) is 0 Å². The third-order valence-electron chi connectivity index (χ3n) is 6.96. The van der Waals surface area contributed by atoms with Crippen LogP contribution in [0.5, 0.6) is 5.75 Å². The molecule has 0 fully saturated rings. The number of hydrogen-bond donors (Lipinski definition) is 4. The Bertz CT molecular complexity index is 1250. The van der Waals surface area contributed by atoms with Crippen LogP contribution in [0.3, 0.4) is 0 Å². The van der Waals surface area contributed by atoms with Crippen molar-refractivity contribution < 1.29 is 32.6 Å². The van der Waals surface area contributed by atoms with Crippen molar-refractivity contribution in [2.45, 2.75) is 70.0 Å². The highest BCUT2D eigenvalue weighted by Gasteiger charge is 2.43. The average Bonchev–Trinajstić information content (AvgIpc) is 2.82. The Hall–Kier alpha value is -2.73. The lowest BCUT2D eigenvalue weighted by molar-refractivity contribution is -0.00159. The minimum Gasteiger partial charge on any atom is -0.508 e. The van der Waals surface area contributed by atoms with E-state index in [1.165, 1.54) is 35.2 Å². The predicted octanol–water partition coefficient (Wildman–Crippen LogP) is 3.78. The van der Waals surface area contributed by atoms with Crippen LogP contribution in [0.4, 0.5) is 14.9 Å². The Labute approximate surface area is 217 Å². The minimum atomic E-state index is -3.86. The minimum absolute atomic E-state index is 0.104. The molecule has 2 aromatic carbocycles. The molecule has 0 bridgehead atoms. The molecule has 9 nitrogen and oxygen atoms in total. The summed E-state index contributed by atoms with van der Waals surface area (Å²) in [5.41, 5.74) is 0.420. The number of carbonyl (C=O) groups is 1. The molecule has 0 spiro atoms. The number of carbonyl (C=O) groups excluding carboxylic acids is 1. The van der Waals surface area contributed by atoms with Crippen molar-refractivity contribution in [3.05, 3.63) is 58.9 Å². The molecule has 5 N–H and O–H groups in total. The van der Waals surface area contributed by atoms with Crippen molar-refractivity contribution in [2.75, 3.05) is 18.0 Å². The number of amides is 1. The zero-order valence-electron chi connectivity index (χ0n) is 21.6. The summed E-state index contributed by atoms with van der Waals surface area (Å²) in [4.78, 5) is 14.5. The van der Waals surface area contributed by atoms with E-state index in [2.05, 4.69) is 5.32 Å². The lowest BCUT2D eigenvalue weighted by Crippen LogP contribution is -2.49. The van der Waals surface area contributed by atoms with Gasteiger partial charge in [-0.05, 0) is 69.0 Å². The van der Waals surface area contributed by atoms with Crippen molar-refractivity contribution in [3.63, 3.8) is 0 Å². The fourth-order valence-corrected chi connectivity index (χ4v) is 5.25. The standard InChI is InChI=1S/C26H36FN3O6S/c1-5-26(6-2)20-14-19(27)8-9-21(20)30(24(33)36-26)12-11-25(3,4)29-15-23(32)17-7-10-22(31)18(13-17)16-37(28,34)35/h7-10,13-14,23,29,31-32H,5-6,11-12,15-16H2,1-4H3,(H2,28,34,35). The summed E-state index contributed by atoms with van der Waals surface area (Å²) in [6.07, 6.45) is 0.0763. The van der Waals surface area contributed by atoms with Gasteiger partial charge in [0.05, 0.1) is 17.5 Å². The van der Waals surface area contributed by atoms with Crippen LogP contribution in [0.2, 0.25) is 0 Å². The fourth-order valence-electron chi connectivity index (χ4n) is 4.59. The summed E-state index contributed by atoms with van der Waals surface area (Å²) in [6.45, 7) is 8.09. The smallest absolute Gasteiger partial charge is 0.415 e. The molecule has 1 aliphatic rings.